The van der Waals surface area contributed by atoms with Crippen LogP contribution in [0.2, 0.25) is 0 Å². The van der Waals surface area contributed by atoms with Crippen molar-refractivity contribution < 1.29 is 5.11 Å². The topological polar surface area (TPSA) is 20.2 Å². The number of benzene rings is 2. The number of phenols is 1. The highest BCUT2D eigenvalue weighted by Crippen LogP contribution is 2.42. The quantitative estimate of drug-likeness (QED) is 0.642. The van der Waals surface area contributed by atoms with Crippen LogP contribution in [0.25, 0.3) is 20.2 Å². The van der Waals surface area contributed by atoms with Crippen molar-refractivity contribution in [3.8, 4) is 5.75 Å². The molecule has 3 heteroatoms. The molecule has 0 saturated carbocycles. The fourth-order valence-corrected chi connectivity index (χ4v) is 4.92. The van der Waals surface area contributed by atoms with Gasteiger partial charge in [0.15, 0.2) is 0 Å². The van der Waals surface area contributed by atoms with Gasteiger partial charge in [-0.2, -0.15) is 0 Å². The van der Waals surface area contributed by atoms with Crippen molar-refractivity contribution in [2.24, 2.45) is 0 Å². The Morgan fingerprint density at radius 3 is 2.16 bits per heavy atom. The molecule has 0 unspecified atom stereocenters. The molecule has 3 rings (SSSR count). The van der Waals surface area contributed by atoms with Crippen molar-refractivity contribution in [1.82, 2.24) is 0 Å². The van der Waals surface area contributed by atoms with Gasteiger partial charge in [0.2, 0.25) is 0 Å². The summed E-state index contributed by atoms with van der Waals surface area (Å²) in [5, 5.41) is 12.6. The molecule has 0 amide bonds. The fraction of sp³-hybridized carbons (Fsp3) is 0.250. The molecule has 0 bridgehead atoms. The zero-order chi connectivity index (χ0) is 13.6. The van der Waals surface area contributed by atoms with Crippen molar-refractivity contribution >= 4 is 47.4 Å². The molecule has 0 aliphatic carbocycles. The molecule has 19 heavy (non-hydrogen) atoms. The molecule has 1 heterocycles. The summed E-state index contributed by atoms with van der Waals surface area (Å²) in [6.07, 6.45) is 1.87. The van der Waals surface area contributed by atoms with Gasteiger partial charge in [-0.05, 0) is 36.6 Å². The van der Waals surface area contributed by atoms with Crippen LogP contribution in [0.4, 0.5) is 0 Å². The minimum atomic E-state index is 0.415. The number of fused-ring (bicyclic) bond motifs is 3. The minimum absolute atomic E-state index is 0.415. The Balaban J connectivity index is 2.51. The summed E-state index contributed by atoms with van der Waals surface area (Å²) < 4.78 is 3.74. The molecular formula is C16H15BrOS. The van der Waals surface area contributed by atoms with Gasteiger partial charge in [0, 0.05) is 30.2 Å². The minimum Gasteiger partial charge on any atom is -0.508 e. The van der Waals surface area contributed by atoms with Gasteiger partial charge in [-0.15, -0.1) is 11.3 Å². The molecule has 1 N–H and O–H groups in total. The number of hydrogen-bond acceptors (Lipinski definition) is 2. The predicted octanol–water partition coefficient (Wildman–Crippen LogP) is 5.65. The average molecular weight is 335 g/mol. The third-order valence-electron chi connectivity index (χ3n) is 3.64. The molecule has 0 spiro atoms. The van der Waals surface area contributed by atoms with Crippen molar-refractivity contribution in [3.05, 3.63) is 39.9 Å². The maximum atomic E-state index is 10.0. The second-order valence-electron chi connectivity index (χ2n) is 4.65. The first-order valence-corrected chi connectivity index (χ1v) is 8.12. The van der Waals surface area contributed by atoms with Crippen LogP contribution in [-0.2, 0) is 12.8 Å². The third-order valence-corrected chi connectivity index (χ3v) is 5.72. The Labute approximate surface area is 125 Å². The van der Waals surface area contributed by atoms with E-state index in [1.165, 1.54) is 30.2 Å². The Kier molecular flexibility index (Phi) is 3.27. The standard InChI is InChI=1S/C16H15BrOS/c1-3-9-13(17)7-5-11-12-6-8-14(18)10(4-2)16(12)19-15(9)11/h5-8,18H,3-4H2,1-2H3. The van der Waals surface area contributed by atoms with Crippen molar-refractivity contribution in [2.45, 2.75) is 26.7 Å². The van der Waals surface area contributed by atoms with Crippen LogP contribution in [-0.4, -0.2) is 5.11 Å². The maximum absolute atomic E-state index is 10.0. The number of rotatable bonds is 2. The van der Waals surface area contributed by atoms with Crippen LogP contribution in [0.5, 0.6) is 5.75 Å². The van der Waals surface area contributed by atoms with Gasteiger partial charge in [-0.25, -0.2) is 0 Å². The van der Waals surface area contributed by atoms with Crippen molar-refractivity contribution in [3.63, 3.8) is 0 Å². The second-order valence-corrected chi connectivity index (χ2v) is 6.53. The second kappa shape index (κ2) is 4.80. The lowest BCUT2D eigenvalue weighted by molar-refractivity contribution is 0.470. The summed E-state index contributed by atoms with van der Waals surface area (Å²) in [7, 11) is 0. The summed E-state index contributed by atoms with van der Waals surface area (Å²) in [5.41, 5.74) is 2.43. The zero-order valence-electron chi connectivity index (χ0n) is 11.0. The molecule has 3 aromatic rings. The maximum Gasteiger partial charge on any atom is 0.120 e. The van der Waals surface area contributed by atoms with Crippen LogP contribution in [0, 0.1) is 0 Å². The van der Waals surface area contributed by atoms with E-state index in [4.69, 9.17) is 0 Å². The van der Waals surface area contributed by atoms with Crippen LogP contribution < -0.4 is 0 Å². The Bertz CT molecular complexity index is 709. The van der Waals surface area contributed by atoms with Gasteiger partial charge in [0.05, 0.1) is 0 Å². The van der Waals surface area contributed by atoms with E-state index < -0.39 is 0 Å². The molecule has 0 aliphatic heterocycles. The molecule has 0 atom stereocenters. The molecule has 1 nitrogen and oxygen atoms in total. The Morgan fingerprint density at radius 2 is 1.53 bits per heavy atom. The molecule has 1 aromatic heterocycles. The summed E-state index contributed by atoms with van der Waals surface area (Å²) >= 11 is 5.44. The van der Waals surface area contributed by atoms with E-state index in [0.29, 0.717) is 5.75 Å². The molecular weight excluding hydrogens is 320 g/mol. The highest BCUT2D eigenvalue weighted by atomic mass is 79.9. The molecule has 0 aliphatic rings. The van der Waals surface area contributed by atoms with E-state index in [2.05, 4.69) is 41.9 Å². The number of hydrogen-bond donors (Lipinski definition) is 1. The lowest BCUT2D eigenvalue weighted by Crippen LogP contribution is -1.82. The van der Waals surface area contributed by atoms with E-state index in [1.807, 2.05) is 12.1 Å². The summed E-state index contributed by atoms with van der Waals surface area (Å²) in [5.74, 6) is 0.415. The van der Waals surface area contributed by atoms with Gasteiger partial charge in [-0.3, -0.25) is 0 Å². The van der Waals surface area contributed by atoms with E-state index in [-0.39, 0.29) is 0 Å². The lowest BCUT2D eigenvalue weighted by atomic mass is 10.0. The van der Waals surface area contributed by atoms with Gasteiger partial charge in [0.25, 0.3) is 0 Å². The largest absolute Gasteiger partial charge is 0.508 e. The number of halogens is 1. The van der Waals surface area contributed by atoms with Crippen molar-refractivity contribution in [2.75, 3.05) is 0 Å². The van der Waals surface area contributed by atoms with Gasteiger partial charge in [-0.1, -0.05) is 35.8 Å². The lowest BCUT2D eigenvalue weighted by Gasteiger charge is -2.03. The first-order chi connectivity index (χ1) is 9.17. The van der Waals surface area contributed by atoms with Gasteiger partial charge >= 0.3 is 0 Å². The summed E-state index contributed by atoms with van der Waals surface area (Å²) in [6, 6.07) is 8.16. The van der Waals surface area contributed by atoms with Crippen LogP contribution in [0.15, 0.2) is 28.7 Å². The molecule has 0 saturated heterocycles. The molecule has 98 valence electrons. The van der Waals surface area contributed by atoms with E-state index >= 15 is 0 Å². The monoisotopic (exact) mass is 334 g/mol. The molecule has 0 radical (unpaired) electrons. The zero-order valence-corrected chi connectivity index (χ0v) is 13.4. The van der Waals surface area contributed by atoms with Crippen LogP contribution in [0.1, 0.15) is 25.0 Å². The summed E-state index contributed by atoms with van der Waals surface area (Å²) in [4.78, 5) is 0. The van der Waals surface area contributed by atoms with Gasteiger partial charge < -0.3 is 5.11 Å². The highest BCUT2D eigenvalue weighted by Gasteiger charge is 2.14. The fourth-order valence-electron chi connectivity index (χ4n) is 2.65. The number of thiophene rings is 1. The normalized spacial score (nSPS) is 11.5. The van der Waals surface area contributed by atoms with E-state index in [0.717, 1.165) is 18.4 Å². The Hall–Kier alpha value is -1.06. The van der Waals surface area contributed by atoms with Crippen LogP contribution >= 0.6 is 27.3 Å². The van der Waals surface area contributed by atoms with E-state index in [9.17, 15) is 5.11 Å². The third kappa shape index (κ3) is 1.87. The van der Waals surface area contributed by atoms with E-state index in [1.54, 1.807) is 11.3 Å². The van der Waals surface area contributed by atoms with Crippen LogP contribution in [0.3, 0.4) is 0 Å². The average Bonchev–Trinajstić information content (AvgIpc) is 2.77. The Morgan fingerprint density at radius 1 is 0.947 bits per heavy atom. The molecule has 2 aromatic carbocycles. The number of aryl methyl sites for hydroxylation is 2. The first-order valence-electron chi connectivity index (χ1n) is 6.51. The smallest absolute Gasteiger partial charge is 0.120 e. The molecule has 0 fully saturated rings. The predicted molar refractivity (Wildman–Crippen MR) is 87.5 cm³/mol. The number of aromatic hydroxyl groups is 1. The SMILES string of the molecule is CCc1c(O)ccc2c1sc1c(CC)c(Br)ccc12. The summed E-state index contributed by atoms with van der Waals surface area (Å²) in [6.45, 7) is 4.28. The number of phenolic OH excluding ortho intramolecular Hbond substituents is 1. The highest BCUT2D eigenvalue weighted by molar-refractivity contribution is 9.10. The van der Waals surface area contributed by atoms with Crippen molar-refractivity contribution in [1.29, 1.82) is 0 Å². The van der Waals surface area contributed by atoms with Gasteiger partial charge in [0.1, 0.15) is 5.75 Å². The first kappa shape index (κ1) is 12.9.